The third-order valence-corrected chi connectivity index (χ3v) is 3.04. The molecule has 1 heterocycles. The van der Waals surface area contributed by atoms with E-state index in [1.54, 1.807) is 6.92 Å². The molecule has 0 amide bonds. The molecule has 0 saturated carbocycles. The molecule has 0 N–H and O–H groups in total. The molecule has 0 aliphatic rings. The molecule has 7 heteroatoms. The molecule has 0 unspecified atom stereocenters. The average Bonchev–Trinajstić information content (AvgIpc) is 2.27. The monoisotopic (exact) mass is 341 g/mol. The van der Waals surface area contributed by atoms with Gasteiger partial charge in [-0.3, -0.25) is 9.78 Å². The summed E-state index contributed by atoms with van der Waals surface area (Å²) in [6, 6.07) is 1.42. The lowest BCUT2D eigenvalue weighted by Gasteiger charge is -2.11. The van der Waals surface area contributed by atoms with E-state index in [2.05, 4.69) is 20.9 Å². The molecule has 0 atom stereocenters. The van der Waals surface area contributed by atoms with E-state index in [0.717, 1.165) is 0 Å². The van der Waals surface area contributed by atoms with E-state index in [1.807, 2.05) is 0 Å². The Bertz CT molecular complexity index is 443. The number of esters is 1. The highest BCUT2D eigenvalue weighted by atomic mass is 79.9. The Kier molecular flexibility index (Phi) is 5.95. The first-order valence-electron chi connectivity index (χ1n) is 5.17. The van der Waals surface area contributed by atoms with Crippen LogP contribution in [-0.2, 0) is 21.8 Å². The van der Waals surface area contributed by atoms with Crippen LogP contribution in [0.2, 0.25) is 0 Å². The Labute approximate surface area is 117 Å². The lowest BCUT2D eigenvalue weighted by molar-refractivity contribution is -0.142. The van der Waals surface area contributed by atoms with E-state index in [0.29, 0.717) is 5.69 Å². The van der Waals surface area contributed by atoms with Crippen LogP contribution in [0, 0.1) is 0 Å². The third kappa shape index (κ3) is 3.88. The minimum absolute atomic E-state index is 0.00604. The maximum atomic E-state index is 12.9. The molecule has 100 valence electrons. The van der Waals surface area contributed by atoms with E-state index in [4.69, 9.17) is 16.3 Å². The van der Waals surface area contributed by atoms with Crippen molar-refractivity contribution in [3.05, 3.63) is 27.5 Å². The van der Waals surface area contributed by atoms with Gasteiger partial charge in [0.05, 0.1) is 35.9 Å². The van der Waals surface area contributed by atoms with Gasteiger partial charge in [-0.15, -0.1) is 11.6 Å². The molecule has 0 radical (unpaired) electrons. The summed E-state index contributed by atoms with van der Waals surface area (Å²) in [7, 11) is 0. The second-order valence-corrected chi connectivity index (χ2v) is 4.49. The Morgan fingerprint density at radius 3 is 2.78 bits per heavy atom. The lowest BCUT2D eigenvalue weighted by Crippen LogP contribution is -2.12. The van der Waals surface area contributed by atoms with Crippen LogP contribution in [0.25, 0.3) is 0 Å². The molecule has 1 aromatic rings. The van der Waals surface area contributed by atoms with Crippen molar-refractivity contribution in [1.29, 1.82) is 0 Å². The molecule has 3 nitrogen and oxygen atoms in total. The number of carbonyl (C=O) groups is 1. The Morgan fingerprint density at radius 1 is 1.61 bits per heavy atom. The molecule has 0 aromatic carbocycles. The molecule has 0 bridgehead atoms. The highest BCUT2D eigenvalue weighted by Gasteiger charge is 2.21. The summed E-state index contributed by atoms with van der Waals surface area (Å²) >= 11 is 8.65. The maximum absolute atomic E-state index is 12.9. The molecule has 0 aliphatic heterocycles. The van der Waals surface area contributed by atoms with Gasteiger partial charge in [-0.2, -0.15) is 0 Å². The summed E-state index contributed by atoms with van der Waals surface area (Å²) in [6.45, 7) is 1.84. The van der Waals surface area contributed by atoms with Gasteiger partial charge in [-0.1, -0.05) is 15.9 Å². The summed E-state index contributed by atoms with van der Waals surface area (Å²) in [5, 5.41) is 0. The van der Waals surface area contributed by atoms with Crippen LogP contribution in [0.1, 0.15) is 30.3 Å². The number of halogens is 4. The first-order chi connectivity index (χ1) is 8.49. The van der Waals surface area contributed by atoms with Gasteiger partial charge in [0.25, 0.3) is 6.43 Å². The molecular formula is C11H11BrClF2NO2. The summed E-state index contributed by atoms with van der Waals surface area (Å²) < 4.78 is 30.7. The van der Waals surface area contributed by atoms with Crippen molar-refractivity contribution < 1.29 is 18.3 Å². The second kappa shape index (κ2) is 6.99. The standard InChI is InChI=1S/C11H11BrClF2NO2/c1-2-18-9(17)4-8-10(11(14)15)7(12)3-6(5-13)16-8/h3,11H,2,4-5H2,1H3. The van der Waals surface area contributed by atoms with Crippen LogP contribution in [0.5, 0.6) is 0 Å². The number of nitrogens with zero attached hydrogens (tertiary/aromatic N) is 1. The first kappa shape index (κ1) is 15.3. The van der Waals surface area contributed by atoms with Crippen LogP contribution in [0.3, 0.4) is 0 Å². The van der Waals surface area contributed by atoms with Crippen molar-refractivity contribution in [2.75, 3.05) is 6.61 Å². The highest BCUT2D eigenvalue weighted by molar-refractivity contribution is 9.10. The Morgan fingerprint density at radius 2 is 2.28 bits per heavy atom. The van der Waals surface area contributed by atoms with Crippen LogP contribution < -0.4 is 0 Å². The third-order valence-electron chi connectivity index (χ3n) is 2.11. The van der Waals surface area contributed by atoms with Gasteiger partial charge >= 0.3 is 5.97 Å². The van der Waals surface area contributed by atoms with Gasteiger partial charge in [-0.05, 0) is 13.0 Å². The number of aromatic nitrogens is 1. The summed E-state index contributed by atoms with van der Waals surface area (Å²) in [4.78, 5) is 15.3. The SMILES string of the molecule is CCOC(=O)Cc1nc(CCl)cc(Br)c1C(F)F. The van der Waals surface area contributed by atoms with Crippen LogP contribution >= 0.6 is 27.5 Å². The maximum Gasteiger partial charge on any atom is 0.311 e. The molecule has 1 rings (SSSR count). The predicted molar refractivity (Wildman–Crippen MR) is 66.8 cm³/mol. The topological polar surface area (TPSA) is 39.2 Å². The van der Waals surface area contributed by atoms with E-state index < -0.39 is 12.4 Å². The van der Waals surface area contributed by atoms with E-state index >= 15 is 0 Å². The van der Waals surface area contributed by atoms with Crippen molar-refractivity contribution in [2.24, 2.45) is 0 Å². The van der Waals surface area contributed by atoms with Gasteiger partial charge in [0.2, 0.25) is 0 Å². The van der Waals surface area contributed by atoms with Gasteiger partial charge in [0.1, 0.15) is 0 Å². The minimum atomic E-state index is -2.72. The Balaban J connectivity index is 3.13. The smallest absolute Gasteiger partial charge is 0.311 e. The number of carbonyl (C=O) groups excluding carboxylic acids is 1. The normalized spacial score (nSPS) is 10.8. The molecular weight excluding hydrogens is 331 g/mol. The van der Waals surface area contributed by atoms with E-state index in [9.17, 15) is 13.6 Å². The quantitative estimate of drug-likeness (QED) is 0.606. The first-order valence-corrected chi connectivity index (χ1v) is 6.50. The van der Waals surface area contributed by atoms with Crippen molar-refractivity contribution in [2.45, 2.75) is 25.7 Å². The van der Waals surface area contributed by atoms with Gasteiger partial charge in [-0.25, -0.2) is 8.78 Å². The fourth-order valence-electron chi connectivity index (χ4n) is 1.41. The van der Waals surface area contributed by atoms with E-state index in [1.165, 1.54) is 6.07 Å². The Hall–Kier alpha value is -0.750. The molecule has 0 aliphatic carbocycles. The average molecular weight is 343 g/mol. The van der Waals surface area contributed by atoms with Crippen LogP contribution in [0.15, 0.2) is 10.5 Å². The van der Waals surface area contributed by atoms with Crippen molar-refractivity contribution in [1.82, 2.24) is 4.98 Å². The van der Waals surface area contributed by atoms with Gasteiger partial charge in [0, 0.05) is 4.47 Å². The fraction of sp³-hybridized carbons (Fsp3) is 0.455. The summed E-state index contributed by atoms with van der Waals surface area (Å²) in [5.74, 6) is -0.511. The largest absolute Gasteiger partial charge is 0.466 e. The molecule has 1 aromatic heterocycles. The van der Waals surface area contributed by atoms with Crippen molar-refractivity contribution >= 4 is 33.5 Å². The van der Waals surface area contributed by atoms with Crippen molar-refractivity contribution in [3.8, 4) is 0 Å². The number of hydrogen-bond acceptors (Lipinski definition) is 3. The highest BCUT2D eigenvalue weighted by Crippen LogP contribution is 2.31. The number of alkyl halides is 3. The van der Waals surface area contributed by atoms with Gasteiger partial charge in [0.15, 0.2) is 0 Å². The van der Waals surface area contributed by atoms with Crippen molar-refractivity contribution in [3.63, 3.8) is 0 Å². The predicted octanol–water partition coefficient (Wildman–Crippen LogP) is 3.63. The zero-order valence-corrected chi connectivity index (χ0v) is 11.9. The lowest BCUT2D eigenvalue weighted by atomic mass is 10.1. The number of hydrogen-bond donors (Lipinski definition) is 0. The molecule has 0 spiro atoms. The zero-order valence-electron chi connectivity index (χ0n) is 9.55. The van der Waals surface area contributed by atoms with E-state index in [-0.39, 0.29) is 34.6 Å². The zero-order chi connectivity index (χ0) is 13.7. The van der Waals surface area contributed by atoms with Gasteiger partial charge < -0.3 is 4.74 Å². The molecule has 0 fully saturated rings. The summed E-state index contributed by atoms with van der Waals surface area (Å²) in [5.41, 5.74) is 0.123. The summed E-state index contributed by atoms with van der Waals surface area (Å²) in [6.07, 6.45) is -3.02. The second-order valence-electron chi connectivity index (χ2n) is 3.37. The van der Waals surface area contributed by atoms with Crippen LogP contribution in [0.4, 0.5) is 8.78 Å². The number of rotatable bonds is 5. The van der Waals surface area contributed by atoms with Crippen LogP contribution in [-0.4, -0.2) is 17.6 Å². The molecule has 18 heavy (non-hydrogen) atoms. The minimum Gasteiger partial charge on any atom is -0.466 e. The molecule has 0 saturated heterocycles. The fourth-order valence-corrected chi connectivity index (χ4v) is 2.21. The number of ether oxygens (including phenoxy) is 1. The number of pyridine rings is 1.